The van der Waals surface area contributed by atoms with E-state index in [1.807, 2.05) is 6.26 Å². The summed E-state index contributed by atoms with van der Waals surface area (Å²) in [5.41, 5.74) is 0. The van der Waals surface area contributed by atoms with Crippen molar-refractivity contribution in [2.24, 2.45) is 0 Å². The highest BCUT2D eigenvalue weighted by Crippen LogP contribution is 2.26. The van der Waals surface area contributed by atoms with E-state index >= 15 is 0 Å². The molecule has 0 aliphatic rings. The van der Waals surface area contributed by atoms with Gasteiger partial charge in [0.1, 0.15) is 0 Å². The van der Waals surface area contributed by atoms with Gasteiger partial charge >= 0.3 is 0 Å². The van der Waals surface area contributed by atoms with Crippen LogP contribution in [0.5, 0.6) is 0 Å². The maximum atomic E-state index is 11.5. The third-order valence-electron chi connectivity index (χ3n) is 1.82. The molecule has 0 aromatic carbocycles. The number of nitrogens with zero attached hydrogens (tertiary/aromatic N) is 3. The summed E-state index contributed by atoms with van der Waals surface area (Å²) in [6.07, 6.45) is 1.93. The number of likely N-dealkylation sites (N-methyl/N-ethyl adjacent to an activating group) is 1. The van der Waals surface area contributed by atoms with Crippen LogP contribution in [0.2, 0.25) is 0 Å². The number of carbonyl (C=O) groups is 2. The lowest BCUT2D eigenvalue weighted by Crippen LogP contribution is -2.36. The highest BCUT2D eigenvalue weighted by atomic mass is 32.2. The normalized spacial score (nSPS) is 10.2. The SMILES string of the molecule is CSc1nnc(SCC(=O)NCC(=O)N(C)C)s1. The Morgan fingerprint density at radius 3 is 2.56 bits per heavy atom. The molecule has 0 fully saturated rings. The zero-order valence-corrected chi connectivity index (χ0v) is 12.7. The Bertz CT molecular complexity index is 422. The summed E-state index contributed by atoms with van der Waals surface area (Å²) in [6.45, 7) is 0.0264. The molecule has 6 nitrogen and oxygen atoms in total. The molecule has 0 saturated carbocycles. The number of aromatic nitrogens is 2. The first-order valence-electron chi connectivity index (χ1n) is 5.00. The Labute approximate surface area is 118 Å². The Morgan fingerprint density at radius 1 is 1.33 bits per heavy atom. The van der Waals surface area contributed by atoms with Crippen molar-refractivity contribution in [1.82, 2.24) is 20.4 Å². The molecule has 0 aliphatic carbocycles. The third-order valence-corrected chi connectivity index (χ3v) is 4.86. The fraction of sp³-hybridized carbons (Fsp3) is 0.556. The highest BCUT2D eigenvalue weighted by Gasteiger charge is 2.09. The molecule has 0 atom stereocenters. The standard InChI is InChI=1S/C9H14N4O2S3/c1-13(2)7(15)4-10-6(14)5-17-9-12-11-8(16-3)18-9/h4-5H2,1-3H3,(H,10,14). The Kier molecular flexibility index (Phi) is 6.44. The van der Waals surface area contributed by atoms with Crippen molar-refractivity contribution in [3.05, 3.63) is 0 Å². The predicted octanol–water partition coefficient (Wildman–Crippen LogP) is 0.556. The molecule has 0 unspecified atom stereocenters. The topological polar surface area (TPSA) is 75.2 Å². The minimum Gasteiger partial charge on any atom is -0.347 e. The summed E-state index contributed by atoms with van der Waals surface area (Å²) < 4.78 is 1.63. The Balaban J connectivity index is 2.26. The number of hydrogen-bond donors (Lipinski definition) is 1. The second kappa shape index (κ2) is 7.59. The largest absolute Gasteiger partial charge is 0.347 e. The van der Waals surface area contributed by atoms with Crippen molar-refractivity contribution in [3.8, 4) is 0 Å². The highest BCUT2D eigenvalue weighted by molar-refractivity contribution is 8.03. The lowest BCUT2D eigenvalue weighted by Gasteiger charge is -2.10. The van der Waals surface area contributed by atoms with Crippen molar-refractivity contribution < 1.29 is 9.59 Å². The molecule has 0 bridgehead atoms. The average Bonchev–Trinajstić information content (AvgIpc) is 2.81. The summed E-state index contributed by atoms with van der Waals surface area (Å²) in [4.78, 5) is 24.1. The van der Waals surface area contributed by atoms with Gasteiger partial charge in [-0.25, -0.2) is 0 Å². The average molecular weight is 306 g/mol. The molecule has 1 N–H and O–H groups in total. The van der Waals surface area contributed by atoms with Crippen LogP contribution in [0.3, 0.4) is 0 Å². The lowest BCUT2D eigenvalue weighted by atomic mass is 10.5. The first-order valence-corrected chi connectivity index (χ1v) is 8.02. The van der Waals surface area contributed by atoms with Gasteiger partial charge in [0.2, 0.25) is 11.8 Å². The van der Waals surface area contributed by atoms with E-state index in [1.54, 1.807) is 14.1 Å². The zero-order valence-electron chi connectivity index (χ0n) is 10.3. The fourth-order valence-corrected chi connectivity index (χ4v) is 3.12. The summed E-state index contributed by atoms with van der Waals surface area (Å²) in [5.74, 6) is -0.0750. The van der Waals surface area contributed by atoms with E-state index in [0.29, 0.717) is 0 Å². The molecule has 1 rings (SSSR count). The van der Waals surface area contributed by atoms with E-state index in [2.05, 4.69) is 15.5 Å². The first-order chi connectivity index (χ1) is 8.52. The van der Waals surface area contributed by atoms with E-state index in [4.69, 9.17) is 0 Å². The summed E-state index contributed by atoms with van der Waals surface area (Å²) >= 11 is 4.29. The number of nitrogens with one attached hydrogen (secondary N) is 1. The predicted molar refractivity (Wildman–Crippen MR) is 74.1 cm³/mol. The molecule has 0 radical (unpaired) electrons. The van der Waals surface area contributed by atoms with Crippen LogP contribution < -0.4 is 5.32 Å². The lowest BCUT2D eigenvalue weighted by molar-refractivity contribution is -0.130. The molecule has 0 aliphatic heterocycles. The van der Waals surface area contributed by atoms with Crippen molar-refractivity contribution in [2.75, 3.05) is 32.6 Å². The quantitative estimate of drug-likeness (QED) is 0.774. The summed E-state index contributed by atoms with van der Waals surface area (Å²) in [7, 11) is 3.29. The van der Waals surface area contributed by atoms with Crippen LogP contribution >= 0.6 is 34.9 Å². The minimum atomic E-state index is -0.184. The van der Waals surface area contributed by atoms with Crippen LogP contribution in [0.4, 0.5) is 0 Å². The molecule has 1 aromatic rings. The molecule has 9 heteroatoms. The van der Waals surface area contributed by atoms with E-state index in [0.717, 1.165) is 8.68 Å². The van der Waals surface area contributed by atoms with Crippen molar-refractivity contribution in [3.63, 3.8) is 0 Å². The van der Waals surface area contributed by atoms with Gasteiger partial charge < -0.3 is 10.2 Å². The van der Waals surface area contributed by atoms with Crippen molar-refractivity contribution >= 4 is 46.7 Å². The number of amides is 2. The molecule has 0 saturated heterocycles. The van der Waals surface area contributed by atoms with E-state index in [9.17, 15) is 9.59 Å². The van der Waals surface area contributed by atoms with Crippen molar-refractivity contribution in [2.45, 2.75) is 8.68 Å². The second-order valence-electron chi connectivity index (χ2n) is 3.39. The van der Waals surface area contributed by atoms with Gasteiger partial charge in [-0.2, -0.15) is 0 Å². The van der Waals surface area contributed by atoms with Crippen LogP contribution in [0.1, 0.15) is 0 Å². The number of thioether (sulfide) groups is 2. The Morgan fingerprint density at radius 2 is 2.00 bits per heavy atom. The van der Waals surface area contributed by atoms with Crippen LogP contribution in [0.25, 0.3) is 0 Å². The van der Waals surface area contributed by atoms with Gasteiger partial charge in [-0.1, -0.05) is 34.9 Å². The number of hydrogen-bond acceptors (Lipinski definition) is 7. The smallest absolute Gasteiger partial charge is 0.241 e. The molecular weight excluding hydrogens is 292 g/mol. The van der Waals surface area contributed by atoms with Gasteiger partial charge in [0, 0.05) is 14.1 Å². The van der Waals surface area contributed by atoms with Gasteiger partial charge in [-0.05, 0) is 6.26 Å². The summed E-state index contributed by atoms with van der Waals surface area (Å²) in [5, 5.41) is 10.4. The molecule has 2 amide bonds. The van der Waals surface area contributed by atoms with Crippen LogP contribution in [0, 0.1) is 0 Å². The minimum absolute atomic E-state index is 0.0264. The van der Waals surface area contributed by atoms with E-state index in [1.165, 1.54) is 39.8 Å². The molecule has 0 spiro atoms. The maximum absolute atomic E-state index is 11.5. The zero-order chi connectivity index (χ0) is 13.5. The van der Waals surface area contributed by atoms with Gasteiger partial charge in [-0.3, -0.25) is 9.59 Å². The first kappa shape index (κ1) is 15.3. The third kappa shape index (κ3) is 5.23. The van der Waals surface area contributed by atoms with E-state index < -0.39 is 0 Å². The Hall–Kier alpha value is -0.800. The summed E-state index contributed by atoms with van der Waals surface area (Å²) in [6, 6.07) is 0. The van der Waals surface area contributed by atoms with E-state index in [-0.39, 0.29) is 24.1 Å². The fourth-order valence-electron chi connectivity index (χ4n) is 0.849. The second-order valence-corrected chi connectivity index (χ2v) is 6.64. The molecule has 18 heavy (non-hydrogen) atoms. The maximum Gasteiger partial charge on any atom is 0.241 e. The monoisotopic (exact) mass is 306 g/mol. The van der Waals surface area contributed by atoms with Crippen LogP contribution in [-0.2, 0) is 9.59 Å². The molecule has 1 aromatic heterocycles. The van der Waals surface area contributed by atoms with Crippen LogP contribution in [0.15, 0.2) is 8.68 Å². The van der Waals surface area contributed by atoms with Crippen molar-refractivity contribution in [1.29, 1.82) is 0 Å². The van der Waals surface area contributed by atoms with Gasteiger partial charge in [0.05, 0.1) is 12.3 Å². The molecule has 1 heterocycles. The molecular formula is C9H14N4O2S3. The van der Waals surface area contributed by atoms with Crippen LogP contribution in [-0.4, -0.2) is 59.6 Å². The van der Waals surface area contributed by atoms with Gasteiger partial charge in [0.15, 0.2) is 8.68 Å². The van der Waals surface area contributed by atoms with Gasteiger partial charge in [0.25, 0.3) is 0 Å². The molecule has 100 valence electrons. The number of rotatable bonds is 6. The number of carbonyl (C=O) groups excluding carboxylic acids is 2. The van der Waals surface area contributed by atoms with Gasteiger partial charge in [-0.15, -0.1) is 10.2 Å².